The molecule has 1 aromatic heterocycles. The summed E-state index contributed by atoms with van der Waals surface area (Å²) in [6, 6.07) is 4.55. The molecule has 1 atom stereocenters. The third kappa shape index (κ3) is 2.10. The van der Waals surface area contributed by atoms with Gasteiger partial charge in [-0.2, -0.15) is 0 Å². The second-order valence-corrected chi connectivity index (χ2v) is 4.10. The summed E-state index contributed by atoms with van der Waals surface area (Å²) in [6.45, 7) is 0. The standard InChI is InChI=1S/C11H8Cl2N2O/c12-8-1-2-10(13)9(5-8)11(6-16)15-4-3-14-7-15/h1-7,11H. The molecule has 2 aromatic rings. The van der Waals surface area contributed by atoms with Crippen LogP contribution in [0.1, 0.15) is 11.6 Å². The summed E-state index contributed by atoms with van der Waals surface area (Å²) < 4.78 is 1.67. The molecule has 0 aliphatic rings. The van der Waals surface area contributed by atoms with E-state index in [0.717, 1.165) is 6.29 Å². The van der Waals surface area contributed by atoms with Gasteiger partial charge in [0, 0.05) is 28.0 Å². The van der Waals surface area contributed by atoms with Crippen LogP contribution < -0.4 is 0 Å². The van der Waals surface area contributed by atoms with Gasteiger partial charge in [-0.15, -0.1) is 0 Å². The molecule has 2 rings (SSSR count). The van der Waals surface area contributed by atoms with E-state index in [1.165, 1.54) is 0 Å². The molecule has 0 spiro atoms. The molecule has 16 heavy (non-hydrogen) atoms. The van der Waals surface area contributed by atoms with Gasteiger partial charge in [-0.25, -0.2) is 4.98 Å². The monoisotopic (exact) mass is 254 g/mol. The van der Waals surface area contributed by atoms with Gasteiger partial charge < -0.3 is 9.36 Å². The van der Waals surface area contributed by atoms with Crippen molar-refractivity contribution in [3.63, 3.8) is 0 Å². The maximum atomic E-state index is 11.1. The number of carbonyl (C=O) groups excluding carboxylic acids is 1. The first-order valence-electron chi connectivity index (χ1n) is 4.60. The van der Waals surface area contributed by atoms with Crippen molar-refractivity contribution in [2.45, 2.75) is 6.04 Å². The fraction of sp³-hybridized carbons (Fsp3) is 0.0909. The lowest BCUT2D eigenvalue weighted by Gasteiger charge is -2.13. The lowest BCUT2D eigenvalue weighted by molar-refractivity contribution is -0.109. The van der Waals surface area contributed by atoms with Gasteiger partial charge >= 0.3 is 0 Å². The molecular weight excluding hydrogens is 247 g/mol. The van der Waals surface area contributed by atoms with Crippen LogP contribution in [0, 0.1) is 0 Å². The quantitative estimate of drug-likeness (QED) is 0.790. The second-order valence-electron chi connectivity index (χ2n) is 3.26. The van der Waals surface area contributed by atoms with Gasteiger partial charge in [-0.05, 0) is 18.2 Å². The molecule has 3 nitrogen and oxygen atoms in total. The molecule has 1 unspecified atom stereocenters. The van der Waals surface area contributed by atoms with E-state index in [2.05, 4.69) is 4.98 Å². The Labute approximate surface area is 103 Å². The zero-order chi connectivity index (χ0) is 11.5. The van der Waals surface area contributed by atoms with Gasteiger partial charge in [0.05, 0.1) is 6.33 Å². The molecule has 5 heteroatoms. The van der Waals surface area contributed by atoms with E-state index < -0.39 is 6.04 Å². The van der Waals surface area contributed by atoms with E-state index in [1.54, 1.807) is 41.5 Å². The molecular formula is C11H8Cl2N2O. The summed E-state index contributed by atoms with van der Waals surface area (Å²) in [4.78, 5) is 15.0. The van der Waals surface area contributed by atoms with Gasteiger partial charge in [-0.1, -0.05) is 23.2 Å². The van der Waals surface area contributed by atoms with Crippen molar-refractivity contribution in [3.8, 4) is 0 Å². The third-order valence-electron chi connectivity index (χ3n) is 2.25. The number of carbonyl (C=O) groups is 1. The van der Waals surface area contributed by atoms with Gasteiger partial charge in [0.2, 0.25) is 0 Å². The van der Waals surface area contributed by atoms with Crippen molar-refractivity contribution >= 4 is 29.5 Å². The predicted molar refractivity (Wildman–Crippen MR) is 62.9 cm³/mol. The Kier molecular flexibility index (Phi) is 3.27. The van der Waals surface area contributed by atoms with Crippen LogP contribution in [-0.4, -0.2) is 15.8 Å². The van der Waals surface area contributed by atoms with Crippen LogP contribution in [0.3, 0.4) is 0 Å². The summed E-state index contributed by atoms with van der Waals surface area (Å²) in [7, 11) is 0. The zero-order valence-electron chi connectivity index (χ0n) is 8.18. The average Bonchev–Trinajstić information content (AvgIpc) is 2.78. The highest BCUT2D eigenvalue weighted by Gasteiger charge is 2.15. The summed E-state index contributed by atoms with van der Waals surface area (Å²) in [5.41, 5.74) is 0.669. The smallest absolute Gasteiger partial charge is 0.147 e. The van der Waals surface area contributed by atoms with E-state index in [1.807, 2.05) is 0 Å². The summed E-state index contributed by atoms with van der Waals surface area (Å²) in [5, 5.41) is 1.06. The average molecular weight is 255 g/mol. The zero-order valence-corrected chi connectivity index (χ0v) is 9.69. The van der Waals surface area contributed by atoms with Crippen LogP contribution in [0.15, 0.2) is 36.9 Å². The van der Waals surface area contributed by atoms with Crippen molar-refractivity contribution in [2.24, 2.45) is 0 Å². The number of nitrogens with zero attached hydrogens (tertiary/aromatic N) is 2. The topological polar surface area (TPSA) is 34.9 Å². The minimum atomic E-state index is -0.492. The van der Waals surface area contributed by atoms with Crippen molar-refractivity contribution in [1.82, 2.24) is 9.55 Å². The molecule has 0 saturated heterocycles. The molecule has 0 saturated carbocycles. The highest BCUT2D eigenvalue weighted by molar-refractivity contribution is 6.33. The highest BCUT2D eigenvalue weighted by atomic mass is 35.5. The normalized spacial score (nSPS) is 12.4. The predicted octanol–water partition coefficient (Wildman–Crippen LogP) is 2.98. The lowest BCUT2D eigenvalue weighted by Crippen LogP contribution is -2.10. The Morgan fingerprint density at radius 1 is 1.38 bits per heavy atom. The Morgan fingerprint density at radius 2 is 2.19 bits per heavy atom. The Hall–Kier alpha value is -1.32. The van der Waals surface area contributed by atoms with Gasteiger partial charge in [0.1, 0.15) is 12.3 Å². The van der Waals surface area contributed by atoms with E-state index in [0.29, 0.717) is 15.6 Å². The summed E-state index contributed by atoms with van der Waals surface area (Å²) in [5.74, 6) is 0. The molecule has 1 aromatic carbocycles. The first kappa shape index (κ1) is 11.2. The van der Waals surface area contributed by atoms with Crippen LogP contribution in [-0.2, 0) is 4.79 Å². The Bertz CT molecular complexity index is 497. The number of hydrogen-bond donors (Lipinski definition) is 0. The largest absolute Gasteiger partial charge is 0.323 e. The van der Waals surface area contributed by atoms with Crippen LogP contribution in [0.25, 0.3) is 0 Å². The second kappa shape index (κ2) is 4.68. The SMILES string of the molecule is O=CC(c1cc(Cl)ccc1Cl)n1ccnc1. The molecule has 0 radical (unpaired) electrons. The maximum absolute atomic E-state index is 11.1. The van der Waals surface area contributed by atoms with E-state index in [9.17, 15) is 4.79 Å². The summed E-state index contributed by atoms with van der Waals surface area (Å²) >= 11 is 11.9. The van der Waals surface area contributed by atoms with Gasteiger partial charge in [0.25, 0.3) is 0 Å². The van der Waals surface area contributed by atoms with E-state index in [4.69, 9.17) is 23.2 Å². The number of benzene rings is 1. The molecule has 0 fully saturated rings. The summed E-state index contributed by atoms with van der Waals surface area (Å²) in [6.07, 6.45) is 5.68. The third-order valence-corrected chi connectivity index (χ3v) is 2.83. The maximum Gasteiger partial charge on any atom is 0.147 e. The minimum absolute atomic E-state index is 0.492. The van der Waals surface area contributed by atoms with Gasteiger partial charge in [-0.3, -0.25) is 0 Å². The van der Waals surface area contributed by atoms with Crippen LogP contribution in [0.2, 0.25) is 10.0 Å². The minimum Gasteiger partial charge on any atom is -0.323 e. The lowest BCUT2D eigenvalue weighted by atomic mass is 10.1. The number of imidazole rings is 1. The molecule has 1 heterocycles. The van der Waals surface area contributed by atoms with Crippen molar-refractivity contribution in [2.75, 3.05) is 0 Å². The van der Waals surface area contributed by atoms with E-state index >= 15 is 0 Å². The first-order valence-corrected chi connectivity index (χ1v) is 5.35. The van der Waals surface area contributed by atoms with Crippen LogP contribution in [0.5, 0.6) is 0 Å². The first-order chi connectivity index (χ1) is 7.72. The molecule has 0 N–H and O–H groups in total. The van der Waals surface area contributed by atoms with Crippen molar-refractivity contribution < 1.29 is 4.79 Å². The Balaban J connectivity index is 2.48. The number of hydrogen-bond acceptors (Lipinski definition) is 2. The molecule has 0 aliphatic heterocycles. The number of aromatic nitrogens is 2. The number of halogens is 2. The molecule has 0 aliphatic carbocycles. The van der Waals surface area contributed by atoms with E-state index in [-0.39, 0.29) is 0 Å². The van der Waals surface area contributed by atoms with Gasteiger partial charge in [0.15, 0.2) is 0 Å². The van der Waals surface area contributed by atoms with Crippen LogP contribution >= 0.6 is 23.2 Å². The molecule has 0 bridgehead atoms. The van der Waals surface area contributed by atoms with Crippen molar-refractivity contribution in [1.29, 1.82) is 0 Å². The fourth-order valence-corrected chi connectivity index (χ4v) is 1.89. The highest BCUT2D eigenvalue weighted by Crippen LogP contribution is 2.27. The van der Waals surface area contributed by atoms with Crippen LogP contribution in [0.4, 0.5) is 0 Å². The molecule has 0 amide bonds. The van der Waals surface area contributed by atoms with Crippen molar-refractivity contribution in [3.05, 3.63) is 52.5 Å². The Morgan fingerprint density at radius 3 is 2.81 bits per heavy atom. The number of aldehydes is 1. The fourth-order valence-electron chi connectivity index (χ4n) is 1.48. The number of rotatable bonds is 3. The molecule has 82 valence electrons.